The lowest BCUT2D eigenvalue weighted by Gasteiger charge is -2.24. The highest BCUT2D eigenvalue weighted by Gasteiger charge is 2.22. The summed E-state index contributed by atoms with van der Waals surface area (Å²) in [6.07, 6.45) is 1.81. The van der Waals surface area contributed by atoms with Crippen molar-refractivity contribution in [2.45, 2.75) is 26.2 Å². The van der Waals surface area contributed by atoms with Gasteiger partial charge in [0.05, 0.1) is 11.9 Å². The molecular formula is C20H26N2O3S. The Morgan fingerprint density at radius 1 is 1.08 bits per heavy atom. The Bertz CT molecular complexity index is 835. The summed E-state index contributed by atoms with van der Waals surface area (Å²) < 4.78 is 25.7. The molecule has 0 aliphatic carbocycles. The molecule has 2 rings (SSSR count). The minimum absolute atomic E-state index is 0.148. The third-order valence-corrected chi connectivity index (χ3v) is 5.43. The number of benzene rings is 2. The second-order valence-corrected chi connectivity index (χ2v) is 8.27. The smallest absolute Gasteiger partial charge is 0.240 e. The van der Waals surface area contributed by atoms with Crippen LogP contribution in [-0.2, 0) is 21.2 Å². The van der Waals surface area contributed by atoms with Gasteiger partial charge in [0.2, 0.25) is 15.9 Å². The van der Waals surface area contributed by atoms with E-state index in [1.165, 1.54) is 4.31 Å². The Hall–Kier alpha value is -2.34. The van der Waals surface area contributed by atoms with Crippen LogP contribution in [0.2, 0.25) is 0 Å². The fourth-order valence-electron chi connectivity index (χ4n) is 2.79. The molecule has 0 saturated heterocycles. The molecule has 0 bridgehead atoms. The van der Waals surface area contributed by atoms with E-state index in [1.807, 2.05) is 56.3 Å². The highest BCUT2D eigenvalue weighted by molar-refractivity contribution is 7.92. The molecule has 1 amide bonds. The lowest BCUT2D eigenvalue weighted by Crippen LogP contribution is -2.41. The van der Waals surface area contributed by atoms with Crippen LogP contribution in [0.4, 0.5) is 5.69 Å². The molecule has 0 spiro atoms. The van der Waals surface area contributed by atoms with Gasteiger partial charge in [-0.3, -0.25) is 9.10 Å². The van der Waals surface area contributed by atoms with Crippen LogP contribution in [0.15, 0.2) is 54.6 Å². The van der Waals surface area contributed by atoms with Gasteiger partial charge < -0.3 is 5.32 Å². The Morgan fingerprint density at radius 2 is 1.69 bits per heavy atom. The van der Waals surface area contributed by atoms with E-state index < -0.39 is 10.0 Å². The number of para-hydroxylation sites is 1. The molecule has 0 fully saturated rings. The molecule has 1 N–H and O–H groups in total. The first kappa shape index (κ1) is 20.0. The van der Waals surface area contributed by atoms with Crippen molar-refractivity contribution in [3.8, 4) is 0 Å². The molecule has 2 aromatic rings. The molecule has 26 heavy (non-hydrogen) atoms. The molecule has 6 heteroatoms. The van der Waals surface area contributed by atoms with Crippen molar-refractivity contribution in [2.75, 3.05) is 23.7 Å². The molecular weight excluding hydrogens is 348 g/mol. The zero-order valence-corrected chi connectivity index (χ0v) is 16.3. The Kier molecular flexibility index (Phi) is 6.80. The van der Waals surface area contributed by atoms with Crippen molar-refractivity contribution in [1.29, 1.82) is 0 Å². The summed E-state index contributed by atoms with van der Waals surface area (Å²) in [6.45, 7) is 4.21. The average Bonchev–Trinajstić information content (AvgIpc) is 2.64. The molecule has 0 heterocycles. The largest absolute Gasteiger partial charge is 0.354 e. The maximum atomic E-state index is 12.4. The minimum Gasteiger partial charge on any atom is -0.354 e. The van der Waals surface area contributed by atoms with Gasteiger partial charge in [-0.15, -0.1) is 0 Å². The zero-order chi connectivity index (χ0) is 19.2. The minimum atomic E-state index is -3.56. The maximum Gasteiger partial charge on any atom is 0.240 e. The van der Waals surface area contributed by atoms with Crippen molar-refractivity contribution in [3.05, 3.63) is 65.7 Å². The summed E-state index contributed by atoms with van der Waals surface area (Å²) in [6, 6.07) is 17.1. The summed E-state index contributed by atoms with van der Waals surface area (Å²) in [5.74, 6) is -0.168. The topological polar surface area (TPSA) is 66.5 Å². The van der Waals surface area contributed by atoms with E-state index in [9.17, 15) is 13.2 Å². The first-order chi connectivity index (χ1) is 12.3. The number of rotatable bonds is 8. The van der Waals surface area contributed by atoms with E-state index in [4.69, 9.17) is 0 Å². The van der Waals surface area contributed by atoms with E-state index >= 15 is 0 Å². The summed E-state index contributed by atoms with van der Waals surface area (Å²) in [5, 5.41) is 2.85. The van der Waals surface area contributed by atoms with Crippen molar-refractivity contribution >= 4 is 21.6 Å². The van der Waals surface area contributed by atoms with Crippen LogP contribution >= 0.6 is 0 Å². The first-order valence-corrected chi connectivity index (χ1v) is 10.5. The van der Waals surface area contributed by atoms with Gasteiger partial charge >= 0.3 is 0 Å². The summed E-state index contributed by atoms with van der Waals surface area (Å²) in [5.41, 5.74) is 2.58. The van der Waals surface area contributed by atoms with Crippen LogP contribution in [0.1, 0.15) is 30.9 Å². The van der Waals surface area contributed by atoms with E-state index in [1.54, 1.807) is 12.1 Å². The number of hydrogen-bond donors (Lipinski definition) is 1. The highest BCUT2D eigenvalue weighted by atomic mass is 32.2. The molecule has 2 aromatic carbocycles. The van der Waals surface area contributed by atoms with E-state index in [2.05, 4.69) is 5.32 Å². The lowest BCUT2D eigenvalue weighted by atomic mass is 10.0. The quantitative estimate of drug-likeness (QED) is 0.772. The van der Waals surface area contributed by atoms with Crippen LogP contribution < -0.4 is 9.62 Å². The molecule has 1 atom stereocenters. The third kappa shape index (κ3) is 5.33. The van der Waals surface area contributed by atoms with Crippen LogP contribution in [0.3, 0.4) is 0 Å². The molecule has 0 radical (unpaired) electrons. The van der Waals surface area contributed by atoms with Gasteiger partial charge in [0.1, 0.15) is 6.54 Å². The van der Waals surface area contributed by atoms with Crippen molar-refractivity contribution in [1.82, 2.24) is 5.32 Å². The predicted molar refractivity (Wildman–Crippen MR) is 106 cm³/mol. The number of aryl methyl sites for hydroxylation is 1. The second-order valence-electron chi connectivity index (χ2n) is 6.37. The van der Waals surface area contributed by atoms with Gasteiger partial charge in [0, 0.05) is 6.54 Å². The van der Waals surface area contributed by atoms with Crippen molar-refractivity contribution in [2.24, 2.45) is 0 Å². The van der Waals surface area contributed by atoms with Crippen LogP contribution in [-0.4, -0.2) is 33.7 Å². The number of nitrogens with zero attached hydrogens (tertiary/aromatic N) is 1. The normalized spacial score (nSPS) is 12.4. The number of nitrogens with one attached hydrogen (secondary N) is 1. The molecule has 1 unspecified atom stereocenters. The van der Waals surface area contributed by atoms with Crippen molar-refractivity contribution < 1.29 is 13.2 Å². The summed E-state index contributed by atoms with van der Waals surface area (Å²) in [4.78, 5) is 12.4. The summed E-state index contributed by atoms with van der Waals surface area (Å²) >= 11 is 0. The van der Waals surface area contributed by atoms with Gasteiger partial charge in [0.25, 0.3) is 0 Å². The molecule has 140 valence electrons. The van der Waals surface area contributed by atoms with E-state index in [0.717, 1.165) is 17.4 Å². The Labute approximate surface area is 156 Å². The van der Waals surface area contributed by atoms with Gasteiger partial charge in [-0.1, -0.05) is 62.4 Å². The Morgan fingerprint density at radius 3 is 2.31 bits per heavy atom. The molecule has 0 aliphatic heterocycles. The average molecular weight is 375 g/mol. The van der Waals surface area contributed by atoms with Crippen LogP contribution in [0.5, 0.6) is 0 Å². The van der Waals surface area contributed by atoms with Gasteiger partial charge in [-0.25, -0.2) is 8.42 Å². The fourth-order valence-corrected chi connectivity index (χ4v) is 3.67. The van der Waals surface area contributed by atoms with Crippen molar-refractivity contribution in [3.63, 3.8) is 0 Å². The van der Waals surface area contributed by atoms with Crippen LogP contribution in [0.25, 0.3) is 0 Å². The first-order valence-electron chi connectivity index (χ1n) is 8.70. The highest BCUT2D eigenvalue weighted by Crippen LogP contribution is 2.23. The molecule has 0 saturated carbocycles. The van der Waals surface area contributed by atoms with E-state index in [0.29, 0.717) is 18.7 Å². The standard InChI is InChI=1S/C20H26N2O3S/c1-4-17-10-8-9-13-19(17)22(26(3,24)25)15-20(23)21-14-16(2)18-11-6-5-7-12-18/h5-13,16H,4,14-15H2,1-3H3,(H,21,23). The third-order valence-electron chi connectivity index (χ3n) is 4.30. The number of hydrogen-bond acceptors (Lipinski definition) is 3. The fraction of sp³-hybridized carbons (Fsp3) is 0.350. The zero-order valence-electron chi connectivity index (χ0n) is 15.5. The Balaban J connectivity index is 2.08. The maximum absolute atomic E-state index is 12.4. The number of carbonyl (C=O) groups excluding carboxylic acids is 1. The molecule has 0 aromatic heterocycles. The van der Waals surface area contributed by atoms with Gasteiger partial charge in [0.15, 0.2) is 0 Å². The number of carbonyl (C=O) groups is 1. The number of anilines is 1. The molecule has 5 nitrogen and oxygen atoms in total. The number of amides is 1. The SMILES string of the molecule is CCc1ccccc1N(CC(=O)NCC(C)c1ccccc1)S(C)(=O)=O. The molecule has 0 aliphatic rings. The van der Waals surface area contributed by atoms with Gasteiger partial charge in [-0.05, 0) is 29.5 Å². The number of sulfonamides is 1. The van der Waals surface area contributed by atoms with Crippen LogP contribution in [0, 0.1) is 0 Å². The summed E-state index contributed by atoms with van der Waals surface area (Å²) in [7, 11) is -3.56. The lowest BCUT2D eigenvalue weighted by molar-refractivity contribution is -0.119. The second kappa shape index (κ2) is 8.85. The van der Waals surface area contributed by atoms with E-state index in [-0.39, 0.29) is 18.4 Å². The predicted octanol–water partition coefficient (Wildman–Crippen LogP) is 2.93. The van der Waals surface area contributed by atoms with Gasteiger partial charge in [-0.2, -0.15) is 0 Å². The monoisotopic (exact) mass is 374 g/mol.